The Balaban J connectivity index is 1.71. The number of nitrogens with zero attached hydrogens (tertiary/aromatic N) is 1. The summed E-state index contributed by atoms with van der Waals surface area (Å²) in [5.74, 6) is 0.681. The van der Waals surface area contributed by atoms with Crippen molar-refractivity contribution in [1.29, 1.82) is 0 Å². The van der Waals surface area contributed by atoms with E-state index in [1.807, 2.05) is 4.90 Å². The predicted molar refractivity (Wildman–Crippen MR) is 64.9 cm³/mol. The second kappa shape index (κ2) is 4.15. The van der Waals surface area contributed by atoms with Crippen LogP contribution in [0.25, 0.3) is 0 Å². The molecule has 0 N–H and O–H groups in total. The summed E-state index contributed by atoms with van der Waals surface area (Å²) < 4.78 is 5.06. The molecular weight excluding hydrogens is 214 g/mol. The predicted octanol–water partition coefficient (Wildman–Crippen LogP) is 1.71. The van der Waals surface area contributed by atoms with Gasteiger partial charge in [-0.2, -0.15) is 0 Å². The van der Waals surface area contributed by atoms with E-state index in [1.165, 1.54) is 11.1 Å². The number of carbonyl (C=O) groups excluding carboxylic acids is 1. The molecule has 90 valence electrons. The first kappa shape index (κ1) is 10.8. The molecule has 2 aliphatic rings. The monoisotopic (exact) mass is 231 g/mol. The molecule has 2 aliphatic heterocycles. The highest BCUT2D eigenvalue weighted by Crippen LogP contribution is 2.30. The lowest BCUT2D eigenvalue weighted by atomic mass is 9.94. The smallest absolute Gasteiger partial charge is 0.254 e. The van der Waals surface area contributed by atoms with Crippen molar-refractivity contribution in [1.82, 2.24) is 4.90 Å². The van der Waals surface area contributed by atoms with Crippen LogP contribution in [0.4, 0.5) is 0 Å². The average molecular weight is 231 g/mol. The number of rotatable bonds is 2. The molecule has 2 unspecified atom stereocenters. The maximum atomic E-state index is 11.9. The first-order valence-corrected chi connectivity index (χ1v) is 6.21. The molecule has 0 spiro atoms. The van der Waals surface area contributed by atoms with E-state index in [2.05, 4.69) is 31.2 Å². The molecule has 0 saturated carbocycles. The third-order valence-electron chi connectivity index (χ3n) is 3.74. The lowest BCUT2D eigenvalue weighted by Crippen LogP contribution is -2.32. The largest absolute Gasteiger partial charge is 0.363 e. The van der Waals surface area contributed by atoms with Gasteiger partial charge < -0.3 is 9.64 Å². The molecule has 1 amide bonds. The lowest BCUT2D eigenvalue weighted by molar-refractivity contribution is -0.131. The number of aryl methyl sites for hydroxylation is 1. The Labute approximate surface area is 101 Å². The fourth-order valence-corrected chi connectivity index (χ4v) is 2.65. The van der Waals surface area contributed by atoms with Crippen LogP contribution < -0.4 is 0 Å². The zero-order chi connectivity index (χ0) is 11.8. The van der Waals surface area contributed by atoms with Crippen molar-refractivity contribution in [3.05, 3.63) is 35.4 Å². The summed E-state index contributed by atoms with van der Waals surface area (Å²) in [5.41, 5.74) is 2.72. The van der Waals surface area contributed by atoms with Crippen LogP contribution in [0.15, 0.2) is 24.3 Å². The van der Waals surface area contributed by atoms with E-state index < -0.39 is 0 Å². The summed E-state index contributed by atoms with van der Waals surface area (Å²) in [6.45, 7) is 4.48. The van der Waals surface area contributed by atoms with Crippen molar-refractivity contribution in [3.63, 3.8) is 0 Å². The second-order valence-corrected chi connectivity index (χ2v) is 4.95. The van der Waals surface area contributed by atoms with E-state index in [0.717, 1.165) is 19.5 Å². The Morgan fingerprint density at radius 3 is 2.88 bits per heavy atom. The van der Waals surface area contributed by atoms with Crippen LogP contribution in [0, 0.1) is 6.92 Å². The van der Waals surface area contributed by atoms with Crippen LogP contribution in [0.1, 0.15) is 23.5 Å². The van der Waals surface area contributed by atoms with E-state index >= 15 is 0 Å². The number of amides is 1. The molecule has 0 aliphatic carbocycles. The molecule has 0 radical (unpaired) electrons. The van der Waals surface area contributed by atoms with Gasteiger partial charge in [0.1, 0.15) is 0 Å². The number of hydrogen-bond acceptors (Lipinski definition) is 2. The van der Waals surface area contributed by atoms with Gasteiger partial charge in [0, 0.05) is 19.0 Å². The molecule has 2 atom stereocenters. The summed E-state index contributed by atoms with van der Waals surface area (Å²) >= 11 is 0. The van der Waals surface area contributed by atoms with E-state index in [-0.39, 0.29) is 12.0 Å². The average Bonchev–Trinajstić information content (AvgIpc) is 3.07. The van der Waals surface area contributed by atoms with Gasteiger partial charge in [0.25, 0.3) is 5.91 Å². The highest BCUT2D eigenvalue weighted by Gasteiger charge is 2.38. The third-order valence-corrected chi connectivity index (χ3v) is 3.74. The van der Waals surface area contributed by atoms with Crippen LogP contribution in [0.2, 0.25) is 0 Å². The maximum absolute atomic E-state index is 11.9. The third kappa shape index (κ3) is 2.07. The zero-order valence-electron chi connectivity index (χ0n) is 10.1. The summed E-state index contributed by atoms with van der Waals surface area (Å²) in [6.07, 6.45) is 0.939. The van der Waals surface area contributed by atoms with E-state index in [4.69, 9.17) is 4.74 Å². The molecule has 2 heterocycles. The van der Waals surface area contributed by atoms with Gasteiger partial charge in [-0.3, -0.25) is 4.79 Å². The Bertz CT molecular complexity index is 440. The summed E-state index contributed by atoms with van der Waals surface area (Å²) in [6, 6.07) is 8.47. The fraction of sp³-hybridized carbons (Fsp3) is 0.500. The molecule has 2 fully saturated rings. The van der Waals surface area contributed by atoms with Gasteiger partial charge in [0.15, 0.2) is 6.10 Å². The van der Waals surface area contributed by atoms with Gasteiger partial charge in [-0.1, -0.05) is 24.3 Å². The molecule has 0 aromatic heterocycles. The molecule has 2 saturated heterocycles. The van der Waals surface area contributed by atoms with Crippen LogP contribution >= 0.6 is 0 Å². The summed E-state index contributed by atoms with van der Waals surface area (Å²) in [7, 11) is 0. The first-order valence-electron chi connectivity index (χ1n) is 6.21. The quantitative estimate of drug-likeness (QED) is 0.726. The maximum Gasteiger partial charge on any atom is 0.254 e. The SMILES string of the molecule is Cc1ccccc1C1CCN(C(=O)C2CO2)C1. The van der Waals surface area contributed by atoms with Gasteiger partial charge in [-0.05, 0) is 24.5 Å². The van der Waals surface area contributed by atoms with Crippen LogP contribution in [-0.2, 0) is 9.53 Å². The van der Waals surface area contributed by atoms with E-state index in [0.29, 0.717) is 12.5 Å². The minimum absolute atomic E-state index is 0.134. The molecule has 17 heavy (non-hydrogen) atoms. The van der Waals surface area contributed by atoms with Gasteiger partial charge in [0.2, 0.25) is 0 Å². The van der Waals surface area contributed by atoms with Crippen LogP contribution in [0.5, 0.6) is 0 Å². The highest BCUT2D eigenvalue weighted by molar-refractivity contribution is 5.83. The second-order valence-electron chi connectivity index (χ2n) is 4.95. The molecule has 1 aromatic carbocycles. The number of likely N-dealkylation sites (tertiary alicyclic amines) is 1. The van der Waals surface area contributed by atoms with Crippen molar-refractivity contribution in [2.75, 3.05) is 19.7 Å². The number of epoxide rings is 1. The van der Waals surface area contributed by atoms with Gasteiger partial charge in [0.05, 0.1) is 6.61 Å². The van der Waals surface area contributed by atoms with Crippen LogP contribution in [-0.4, -0.2) is 36.6 Å². The standard InChI is InChI=1S/C14H17NO2/c1-10-4-2-3-5-12(10)11-6-7-15(8-11)14(16)13-9-17-13/h2-5,11,13H,6-9H2,1H3. The van der Waals surface area contributed by atoms with E-state index in [1.54, 1.807) is 0 Å². The normalized spacial score (nSPS) is 27.2. The molecule has 3 rings (SSSR count). The minimum atomic E-state index is -0.134. The summed E-state index contributed by atoms with van der Waals surface area (Å²) in [5, 5.41) is 0. The minimum Gasteiger partial charge on any atom is -0.363 e. The topological polar surface area (TPSA) is 32.8 Å². The first-order chi connectivity index (χ1) is 8.25. The van der Waals surface area contributed by atoms with Gasteiger partial charge in [-0.15, -0.1) is 0 Å². The number of carbonyl (C=O) groups is 1. The van der Waals surface area contributed by atoms with Crippen molar-refractivity contribution < 1.29 is 9.53 Å². The zero-order valence-corrected chi connectivity index (χ0v) is 10.1. The van der Waals surface area contributed by atoms with Crippen molar-refractivity contribution in [2.45, 2.75) is 25.4 Å². The van der Waals surface area contributed by atoms with Gasteiger partial charge in [-0.25, -0.2) is 0 Å². The molecule has 0 bridgehead atoms. The molecule has 1 aromatic rings. The molecule has 3 heteroatoms. The van der Waals surface area contributed by atoms with E-state index in [9.17, 15) is 4.79 Å². The Hall–Kier alpha value is -1.35. The van der Waals surface area contributed by atoms with Crippen LogP contribution in [0.3, 0.4) is 0 Å². The Morgan fingerprint density at radius 1 is 1.41 bits per heavy atom. The molecule has 3 nitrogen and oxygen atoms in total. The fourth-order valence-electron chi connectivity index (χ4n) is 2.65. The highest BCUT2D eigenvalue weighted by atomic mass is 16.6. The number of hydrogen-bond donors (Lipinski definition) is 0. The van der Waals surface area contributed by atoms with Gasteiger partial charge >= 0.3 is 0 Å². The Kier molecular flexibility index (Phi) is 2.63. The summed E-state index contributed by atoms with van der Waals surface area (Å²) in [4.78, 5) is 13.8. The van der Waals surface area contributed by atoms with Crippen molar-refractivity contribution >= 4 is 5.91 Å². The van der Waals surface area contributed by atoms with Crippen molar-refractivity contribution in [3.8, 4) is 0 Å². The van der Waals surface area contributed by atoms with Crippen molar-refractivity contribution in [2.24, 2.45) is 0 Å². The molecular formula is C14H17NO2. The lowest BCUT2D eigenvalue weighted by Gasteiger charge is -2.16. The number of benzene rings is 1. The Morgan fingerprint density at radius 2 is 2.18 bits per heavy atom. The number of ether oxygens (including phenoxy) is 1.